The van der Waals surface area contributed by atoms with Gasteiger partial charge in [0.15, 0.2) is 0 Å². The Morgan fingerprint density at radius 3 is 2.38 bits per heavy atom. The van der Waals surface area contributed by atoms with E-state index < -0.39 is 0 Å². The Kier molecular flexibility index (Phi) is 7.53. The van der Waals surface area contributed by atoms with E-state index in [1.54, 1.807) is 24.3 Å². The minimum Gasteiger partial charge on any atom is -0.494 e. The van der Waals surface area contributed by atoms with Crippen molar-refractivity contribution in [3.8, 4) is 5.75 Å². The Hall–Kier alpha value is -2.53. The van der Waals surface area contributed by atoms with Crippen molar-refractivity contribution < 1.29 is 14.3 Å². The maximum absolute atomic E-state index is 12.5. The van der Waals surface area contributed by atoms with Crippen LogP contribution in [0.4, 0.5) is 0 Å². The van der Waals surface area contributed by atoms with Crippen LogP contribution in [-0.4, -0.2) is 42.5 Å². The van der Waals surface area contributed by atoms with Crippen LogP contribution < -0.4 is 10.1 Å². The number of nitrogens with zero attached hydrogens (tertiary/aromatic N) is 1. The third-order valence-corrected chi connectivity index (χ3v) is 5.33. The first kappa shape index (κ1) is 21.2. The van der Waals surface area contributed by atoms with Crippen LogP contribution >= 0.6 is 11.6 Å². The number of hydrogen-bond donors (Lipinski definition) is 1. The van der Waals surface area contributed by atoms with E-state index in [1.807, 2.05) is 36.1 Å². The van der Waals surface area contributed by atoms with Gasteiger partial charge in [-0.1, -0.05) is 29.3 Å². The fraction of sp³-hybridized carbons (Fsp3) is 0.391. The molecule has 6 heteroatoms. The number of piperidine rings is 1. The molecule has 0 radical (unpaired) electrons. The molecule has 1 N–H and O–H groups in total. The summed E-state index contributed by atoms with van der Waals surface area (Å²) in [6, 6.07) is 15.0. The zero-order valence-electron chi connectivity index (χ0n) is 16.7. The Morgan fingerprint density at radius 2 is 1.72 bits per heavy atom. The molecular weight excluding hydrogens is 388 g/mol. The highest BCUT2D eigenvalue weighted by molar-refractivity contribution is 6.30. The summed E-state index contributed by atoms with van der Waals surface area (Å²) in [4.78, 5) is 26.5. The number of amides is 2. The molecule has 0 aromatic heterocycles. The molecule has 2 aromatic rings. The highest BCUT2D eigenvalue weighted by atomic mass is 35.5. The lowest BCUT2D eigenvalue weighted by molar-refractivity contribution is -0.122. The predicted octanol–water partition coefficient (Wildman–Crippen LogP) is 4.23. The number of hydrogen-bond acceptors (Lipinski definition) is 3. The fourth-order valence-electron chi connectivity index (χ4n) is 3.36. The molecular formula is C23H27ClN2O3. The molecule has 0 saturated carbocycles. The Labute approximate surface area is 177 Å². The van der Waals surface area contributed by atoms with Gasteiger partial charge in [-0.25, -0.2) is 0 Å². The average Bonchev–Trinajstić information content (AvgIpc) is 2.73. The molecule has 1 fully saturated rings. The average molecular weight is 415 g/mol. The number of likely N-dealkylation sites (tertiary alicyclic amines) is 1. The molecule has 1 aliphatic rings. The van der Waals surface area contributed by atoms with Gasteiger partial charge in [-0.3, -0.25) is 9.59 Å². The van der Waals surface area contributed by atoms with Crippen LogP contribution in [-0.2, 0) is 4.79 Å². The van der Waals surface area contributed by atoms with E-state index in [2.05, 4.69) is 5.32 Å². The van der Waals surface area contributed by atoms with E-state index >= 15 is 0 Å². The zero-order chi connectivity index (χ0) is 20.6. The number of benzene rings is 2. The topological polar surface area (TPSA) is 58.6 Å². The monoisotopic (exact) mass is 414 g/mol. The Bertz CT molecular complexity index is 813. The van der Waals surface area contributed by atoms with Gasteiger partial charge in [-0.2, -0.15) is 0 Å². The number of ether oxygens (including phenoxy) is 1. The van der Waals surface area contributed by atoms with Crippen molar-refractivity contribution in [3.63, 3.8) is 0 Å². The molecule has 0 spiro atoms. The van der Waals surface area contributed by atoms with Crippen molar-refractivity contribution in [1.29, 1.82) is 0 Å². The largest absolute Gasteiger partial charge is 0.494 e. The number of rotatable bonds is 7. The second-order valence-electron chi connectivity index (χ2n) is 7.41. The number of nitrogens with one attached hydrogen (secondary N) is 1. The van der Waals surface area contributed by atoms with Crippen molar-refractivity contribution in [3.05, 3.63) is 64.7 Å². The van der Waals surface area contributed by atoms with E-state index in [4.69, 9.17) is 16.3 Å². The van der Waals surface area contributed by atoms with Gasteiger partial charge < -0.3 is 15.0 Å². The molecule has 3 rings (SSSR count). The van der Waals surface area contributed by atoms with Gasteiger partial charge >= 0.3 is 0 Å². The summed E-state index contributed by atoms with van der Waals surface area (Å²) in [5, 5.41) is 3.70. The standard InChI is InChI=1S/C23H27ClN2O3/c1-17-4-10-21(11-5-17)29-16-2-3-22(27)25-20-12-14-26(15-13-20)23(28)18-6-8-19(24)9-7-18/h4-11,20H,2-3,12-16H2,1H3,(H,25,27). The summed E-state index contributed by atoms with van der Waals surface area (Å²) < 4.78 is 5.66. The van der Waals surface area contributed by atoms with Crippen molar-refractivity contribution >= 4 is 23.4 Å². The summed E-state index contributed by atoms with van der Waals surface area (Å²) in [6.45, 7) is 3.84. The molecule has 1 saturated heterocycles. The molecule has 1 heterocycles. The molecule has 2 amide bonds. The molecule has 0 atom stereocenters. The van der Waals surface area contributed by atoms with Crippen LogP contribution in [0.2, 0.25) is 5.02 Å². The van der Waals surface area contributed by atoms with Crippen molar-refractivity contribution in [2.24, 2.45) is 0 Å². The lowest BCUT2D eigenvalue weighted by atomic mass is 10.0. The first-order valence-corrected chi connectivity index (χ1v) is 10.4. The second kappa shape index (κ2) is 10.3. The first-order valence-electron chi connectivity index (χ1n) is 10.0. The zero-order valence-corrected chi connectivity index (χ0v) is 17.5. The summed E-state index contributed by atoms with van der Waals surface area (Å²) in [5.41, 5.74) is 1.84. The van der Waals surface area contributed by atoms with E-state index in [-0.39, 0.29) is 17.9 Å². The number of carbonyl (C=O) groups excluding carboxylic acids is 2. The molecule has 154 valence electrons. The number of aryl methyl sites for hydroxylation is 1. The minimum absolute atomic E-state index is 0.0136. The highest BCUT2D eigenvalue weighted by Crippen LogP contribution is 2.16. The summed E-state index contributed by atoms with van der Waals surface area (Å²) in [5.74, 6) is 0.883. The van der Waals surface area contributed by atoms with Gasteiger partial charge in [0.1, 0.15) is 5.75 Å². The molecule has 29 heavy (non-hydrogen) atoms. The van der Waals surface area contributed by atoms with Crippen LogP contribution in [0.5, 0.6) is 5.75 Å². The van der Waals surface area contributed by atoms with Crippen molar-refractivity contribution in [1.82, 2.24) is 10.2 Å². The third-order valence-electron chi connectivity index (χ3n) is 5.08. The quantitative estimate of drug-likeness (QED) is 0.690. The lowest BCUT2D eigenvalue weighted by Gasteiger charge is -2.32. The SMILES string of the molecule is Cc1ccc(OCCCC(=O)NC2CCN(C(=O)c3ccc(Cl)cc3)CC2)cc1. The van der Waals surface area contributed by atoms with Crippen molar-refractivity contribution in [2.75, 3.05) is 19.7 Å². The van der Waals surface area contributed by atoms with Gasteiger partial charge in [0, 0.05) is 36.1 Å². The van der Waals surface area contributed by atoms with E-state index in [0.29, 0.717) is 43.1 Å². The molecule has 5 nitrogen and oxygen atoms in total. The maximum Gasteiger partial charge on any atom is 0.253 e. The van der Waals surface area contributed by atoms with Gasteiger partial charge in [0.2, 0.25) is 5.91 Å². The minimum atomic E-state index is 0.0136. The molecule has 0 aliphatic carbocycles. The van der Waals surface area contributed by atoms with Crippen LogP contribution in [0.3, 0.4) is 0 Å². The third kappa shape index (κ3) is 6.50. The van der Waals surface area contributed by atoms with Crippen LogP contribution in [0.1, 0.15) is 41.6 Å². The number of carbonyl (C=O) groups is 2. The first-order chi connectivity index (χ1) is 14.0. The van der Waals surface area contributed by atoms with Gasteiger partial charge in [-0.15, -0.1) is 0 Å². The van der Waals surface area contributed by atoms with E-state index in [9.17, 15) is 9.59 Å². The van der Waals surface area contributed by atoms with Gasteiger partial charge in [-0.05, 0) is 62.6 Å². The second-order valence-corrected chi connectivity index (χ2v) is 7.84. The number of halogens is 1. The fourth-order valence-corrected chi connectivity index (χ4v) is 3.49. The van der Waals surface area contributed by atoms with Gasteiger partial charge in [0.05, 0.1) is 6.61 Å². The lowest BCUT2D eigenvalue weighted by Crippen LogP contribution is -2.46. The Balaban J connectivity index is 1.33. The highest BCUT2D eigenvalue weighted by Gasteiger charge is 2.24. The molecule has 1 aliphatic heterocycles. The summed E-state index contributed by atoms with van der Waals surface area (Å²) >= 11 is 5.88. The van der Waals surface area contributed by atoms with Crippen LogP contribution in [0.15, 0.2) is 48.5 Å². The summed E-state index contributed by atoms with van der Waals surface area (Å²) in [6.07, 6.45) is 2.65. The molecule has 0 bridgehead atoms. The summed E-state index contributed by atoms with van der Waals surface area (Å²) in [7, 11) is 0. The van der Waals surface area contributed by atoms with Gasteiger partial charge in [0.25, 0.3) is 5.91 Å². The van der Waals surface area contributed by atoms with E-state index in [0.717, 1.165) is 18.6 Å². The smallest absolute Gasteiger partial charge is 0.253 e. The molecule has 2 aromatic carbocycles. The molecule has 0 unspecified atom stereocenters. The van der Waals surface area contributed by atoms with Crippen LogP contribution in [0.25, 0.3) is 0 Å². The maximum atomic E-state index is 12.5. The normalized spacial score (nSPS) is 14.5. The Morgan fingerprint density at radius 1 is 1.07 bits per heavy atom. The van der Waals surface area contributed by atoms with Crippen molar-refractivity contribution in [2.45, 2.75) is 38.6 Å². The van der Waals surface area contributed by atoms with E-state index in [1.165, 1.54) is 5.56 Å². The van der Waals surface area contributed by atoms with Crippen LogP contribution in [0, 0.1) is 6.92 Å². The predicted molar refractivity (Wildman–Crippen MR) is 114 cm³/mol.